The Hall–Kier alpha value is -1.65. The standard InChI is InChI=1S/C14H21N3O2/c1-9(2)13-15-10(3)8-12(16-13)17-6-4-11(5-7-17)14(18)19/h8-9,11H,4-7H2,1-3H3,(H,18,19). The first kappa shape index (κ1) is 13.8. The second kappa shape index (κ2) is 5.55. The normalized spacial score (nSPS) is 16.9. The van der Waals surface area contributed by atoms with Crippen molar-refractivity contribution in [1.29, 1.82) is 0 Å². The van der Waals surface area contributed by atoms with E-state index in [-0.39, 0.29) is 5.92 Å². The predicted molar refractivity (Wildman–Crippen MR) is 73.4 cm³/mol. The van der Waals surface area contributed by atoms with E-state index in [1.165, 1.54) is 0 Å². The van der Waals surface area contributed by atoms with Gasteiger partial charge in [0.1, 0.15) is 11.6 Å². The Bertz CT molecular complexity index is 466. The highest BCUT2D eigenvalue weighted by Gasteiger charge is 2.25. The van der Waals surface area contributed by atoms with E-state index in [0.717, 1.165) is 30.4 Å². The van der Waals surface area contributed by atoms with Crippen LogP contribution in [-0.2, 0) is 4.79 Å². The summed E-state index contributed by atoms with van der Waals surface area (Å²) in [7, 11) is 0. The van der Waals surface area contributed by atoms with Gasteiger partial charge in [0.15, 0.2) is 0 Å². The quantitative estimate of drug-likeness (QED) is 0.905. The number of anilines is 1. The molecule has 1 fully saturated rings. The summed E-state index contributed by atoms with van der Waals surface area (Å²) in [5, 5.41) is 9.01. The van der Waals surface area contributed by atoms with Gasteiger partial charge in [0, 0.05) is 30.8 Å². The van der Waals surface area contributed by atoms with Crippen LogP contribution in [0, 0.1) is 12.8 Å². The first-order valence-electron chi connectivity index (χ1n) is 6.80. The third-order valence-electron chi connectivity index (χ3n) is 3.54. The molecular formula is C14H21N3O2. The van der Waals surface area contributed by atoms with Crippen molar-refractivity contribution >= 4 is 11.8 Å². The lowest BCUT2D eigenvalue weighted by Crippen LogP contribution is -2.37. The van der Waals surface area contributed by atoms with Gasteiger partial charge in [-0.25, -0.2) is 9.97 Å². The van der Waals surface area contributed by atoms with Crippen molar-refractivity contribution < 1.29 is 9.90 Å². The largest absolute Gasteiger partial charge is 0.481 e. The Labute approximate surface area is 113 Å². The topological polar surface area (TPSA) is 66.3 Å². The molecule has 0 unspecified atom stereocenters. The number of aryl methyl sites for hydroxylation is 1. The molecule has 0 amide bonds. The maximum absolute atomic E-state index is 11.0. The molecule has 1 aromatic rings. The van der Waals surface area contributed by atoms with Crippen LogP contribution in [0.5, 0.6) is 0 Å². The van der Waals surface area contributed by atoms with Gasteiger partial charge < -0.3 is 10.0 Å². The lowest BCUT2D eigenvalue weighted by atomic mass is 9.97. The molecule has 1 aliphatic rings. The van der Waals surface area contributed by atoms with Gasteiger partial charge in [-0.2, -0.15) is 0 Å². The molecule has 19 heavy (non-hydrogen) atoms. The number of aromatic nitrogens is 2. The van der Waals surface area contributed by atoms with E-state index in [2.05, 4.69) is 28.7 Å². The molecule has 0 radical (unpaired) electrons. The fourth-order valence-electron chi connectivity index (χ4n) is 2.35. The Morgan fingerprint density at radius 2 is 2.00 bits per heavy atom. The highest BCUT2D eigenvalue weighted by Crippen LogP contribution is 2.23. The second-order valence-corrected chi connectivity index (χ2v) is 5.48. The van der Waals surface area contributed by atoms with Crippen molar-refractivity contribution in [1.82, 2.24) is 9.97 Å². The van der Waals surface area contributed by atoms with Gasteiger partial charge in [-0.15, -0.1) is 0 Å². The molecule has 0 aliphatic carbocycles. The van der Waals surface area contributed by atoms with Crippen LogP contribution < -0.4 is 4.90 Å². The summed E-state index contributed by atoms with van der Waals surface area (Å²) in [6, 6.07) is 1.98. The fraction of sp³-hybridized carbons (Fsp3) is 0.643. The van der Waals surface area contributed by atoms with E-state index in [1.807, 2.05) is 13.0 Å². The average Bonchev–Trinajstić information content (AvgIpc) is 2.38. The van der Waals surface area contributed by atoms with E-state index in [4.69, 9.17) is 5.11 Å². The third-order valence-corrected chi connectivity index (χ3v) is 3.54. The van der Waals surface area contributed by atoms with Crippen LogP contribution in [0.15, 0.2) is 6.07 Å². The molecule has 0 spiro atoms. The lowest BCUT2D eigenvalue weighted by Gasteiger charge is -2.31. The fourth-order valence-corrected chi connectivity index (χ4v) is 2.35. The molecule has 0 saturated carbocycles. The van der Waals surface area contributed by atoms with E-state index in [1.54, 1.807) is 0 Å². The van der Waals surface area contributed by atoms with Crippen molar-refractivity contribution in [2.75, 3.05) is 18.0 Å². The van der Waals surface area contributed by atoms with E-state index in [9.17, 15) is 4.79 Å². The summed E-state index contributed by atoms with van der Waals surface area (Å²) in [5.41, 5.74) is 0.967. The van der Waals surface area contributed by atoms with Crippen LogP contribution in [0.1, 0.15) is 44.1 Å². The molecule has 1 aliphatic heterocycles. The van der Waals surface area contributed by atoms with E-state index in [0.29, 0.717) is 18.8 Å². The summed E-state index contributed by atoms with van der Waals surface area (Å²) in [6.45, 7) is 7.64. The molecule has 5 heteroatoms. The molecule has 1 aromatic heterocycles. The Morgan fingerprint density at radius 1 is 1.37 bits per heavy atom. The van der Waals surface area contributed by atoms with Gasteiger partial charge in [0.05, 0.1) is 5.92 Å². The van der Waals surface area contributed by atoms with Crippen molar-refractivity contribution in [2.24, 2.45) is 5.92 Å². The number of aliphatic carboxylic acids is 1. The number of nitrogens with zero attached hydrogens (tertiary/aromatic N) is 3. The zero-order valence-corrected chi connectivity index (χ0v) is 11.8. The van der Waals surface area contributed by atoms with Gasteiger partial charge in [-0.1, -0.05) is 13.8 Å². The minimum atomic E-state index is -0.679. The molecule has 0 bridgehead atoms. The zero-order chi connectivity index (χ0) is 14.0. The molecule has 104 valence electrons. The molecular weight excluding hydrogens is 242 g/mol. The third kappa shape index (κ3) is 3.22. The van der Waals surface area contributed by atoms with Crippen LogP contribution in [-0.4, -0.2) is 34.1 Å². The van der Waals surface area contributed by atoms with Gasteiger partial charge in [0.25, 0.3) is 0 Å². The number of hydrogen-bond acceptors (Lipinski definition) is 4. The zero-order valence-electron chi connectivity index (χ0n) is 11.8. The number of carbonyl (C=O) groups is 1. The van der Waals surface area contributed by atoms with Gasteiger partial charge in [-0.3, -0.25) is 4.79 Å². The van der Waals surface area contributed by atoms with Crippen LogP contribution in [0.2, 0.25) is 0 Å². The molecule has 0 atom stereocenters. The number of carboxylic acid groups (broad SMARTS) is 1. The average molecular weight is 263 g/mol. The molecule has 1 saturated heterocycles. The monoisotopic (exact) mass is 263 g/mol. The molecule has 5 nitrogen and oxygen atoms in total. The van der Waals surface area contributed by atoms with E-state index < -0.39 is 5.97 Å². The maximum atomic E-state index is 11.0. The van der Waals surface area contributed by atoms with Crippen molar-refractivity contribution in [2.45, 2.75) is 39.5 Å². The Kier molecular flexibility index (Phi) is 4.02. The van der Waals surface area contributed by atoms with Crippen molar-refractivity contribution in [3.8, 4) is 0 Å². The minimum absolute atomic E-state index is 0.205. The molecule has 0 aromatic carbocycles. The molecule has 2 heterocycles. The van der Waals surface area contributed by atoms with Crippen LogP contribution in [0.3, 0.4) is 0 Å². The summed E-state index contributed by atoms with van der Waals surface area (Å²) >= 11 is 0. The second-order valence-electron chi connectivity index (χ2n) is 5.48. The number of carboxylic acids is 1. The minimum Gasteiger partial charge on any atom is -0.481 e. The van der Waals surface area contributed by atoms with Crippen LogP contribution in [0.25, 0.3) is 0 Å². The SMILES string of the molecule is Cc1cc(N2CCC(C(=O)O)CC2)nc(C(C)C)n1. The smallest absolute Gasteiger partial charge is 0.306 e. The summed E-state index contributed by atoms with van der Waals surface area (Å²) in [4.78, 5) is 22.2. The Morgan fingerprint density at radius 3 is 2.53 bits per heavy atom. The van der Waals surface area contributed by atoms with Crippen LogP contribution >= 0.6 is 0 Å². The maximum Gasteiger partial charge on any atom is 0.306 e. The van der Waals surface area contributed by atoms with Gasteiger partial charge in [0.2, 0.25) is 0 Å². The summed E-state index contributed by atoms with van der Waals surface area (Å²) < 4.78 is 0. The van der Waals surface area contributed by atoms with Gasteiger partial charge >= 0.3 is 5.97 Å². The number of rotatable bonds is 3. The molecule has 2 rings (SSSR count). The molecule has 1 N–H and O–H groups in total. The number of hydrogen-bond donors (Lipinski definition) is 1. The van der Waals surface area contributed by atoms with Gasteiger partial charge in [-0.05, 0) is 19.8 Å². The summed E-state index contributed by atoms with van der Waals surface area (Å²) in [6.07, 6.45) is 1.38. The van der Waals surface area contributed by atoms with E-state index >= 15 is 0 Å². The highest BCUT2D eigenvalue weighted by atomic mass is 16.4. The van der Waals surface area contributed by atoms with Crippen LogP contribution in [0.4, 0.5) is 5.82 Å². The number of piperidine rings is 1. The lowest BCUT2D eigenvalue weighted by molar-refractivity contribution is -0.142. The first-order chi connectivity index (χ1) is 8.97. The predicted octanol–water partition coefficient (Wildman–Crippen LogP) is 2.21. The Balaban J connectivity index is 2.13. The first-order valence-corrected chi connectivity index (χ1v) is 6.80. The summed E-state index contributed by atoms with van der Waals surface area (Å²) in [5.74, 6) is 1.20. The van der Waals surface area contributed by atoms with Crippen molar-refractivity contribution in [3.63, 3.8) is 0 Å². The highest BCUT2D eigenvalue weighted by molar-refractivity contribution is 5.70. The van der Waals surface area contributed by atoms with Crippen molar-refractivity contribution in [3.05, 3.63) is 17.6 Å².